The average molecular weight is 231 g/mol. The van der Waals surface area contributed by atoms with Crippen LogP contribution in [0.3, 0.4) is 0 Å². The normalized spacial score (nSPS) is 21.0. The fourth-order valence-electron chi connectivity index (χ4n) is 0.944. The zero-order chi connectivity index (χ0) is 12.8. The van der Waals surface area contributed by atoms with E-state index in [9.17, 15) is 9.59 Å². The second-order valence-corrected chi connectivity index (χ2v) is 4.67. The third-order valence-electron chi connectivity index (χ3n) is 2.17. The number of carbonyl (C=O) groups excluding carboxylic acids is 1. The number of nitrogens with one attached hydrogen (secondary N) is 1. The molecule has 0 aromatic heterocycles. The predicted octanol–water partition coefficient (Wildman–Crippen LogP) is 0.823. The SMILES string of the molecule is COC(C)(C)C.O=C1CCC(C(=O)O)NC1. The van der Waals surface area contributed by atoms with Crippen molar-refractivity contribution < 1.29 is 19.4 Å². The first-order valence-corrected chi connectivity index (χ1v) is 5.29. The minimum Gasteiger partial charge on any atom is -0.480 e. The lowest BCUT2D eigenvalue weighted by molar-refractivity contribution is -0.140. The van der Waals surface area contributed by atoms with E-state index in [-0.39, 0.29) is 17.9 Å². The van der Waals surface area contributed by atoms with Gasteiger partial charge in [0.25, 0.3) is 0 Å². The maximum atomic E-state index is 10.6. The fraction of sp³-hybridized carbons (Fsp3) is 0.818. The molecule has 0 spiro atoms. The highest BCUT2D eigenvalue weighted by atomic mass is 16.5. The zero-order valence-corrected chi connectivity index (χ0v) is 10.4. The third kappa shape index (κ3) is 7.36. The van der Waals surface area contributed by atoms with Gasteiger partial charge in [-0.1, -0.05) is 0 Å². The van der Waals surface area contributed by atoms with E-state index in [0.29, 0.717) is 12.8 Å². The summed E-state index contributed by atoms with van der Waals surface area (Å²) < 4.78 is 4.94. The molecule has 5 heteroatoms. The molecule has 0 amide bonds. The summed E-state index contributed by atoms with van der Waals surface area (Å²) in [7, 11) is 1.71. The number of carboxylic acids is 1. The van der Waals surface area contributed by atoms with Crippen molar-refractivity contribution in [2.24, 2.45) is 0 Å². The lowest BCUT2D eigenvalue weighted by Gasteiger charge is -2.17. The monoisotopic (exact) mass is 231 g/mol. The number of Topliss-reactive ketones (excluding diaryl/α,β-unsaturated/α-hetero) is 1. The number of ether oxygens (including phenoxy) is 1. The van der Waals surface area contributed by atoms with Crippen LogP contribution in [-0.2, 0) is 14.3 Å². The Bertz CT molecular complexity index is 235. The second kappa shape index (κ2) is 6.60. The second-order valence-electron chi connectivity index (χ2n) is 4.67. The lowest BCUT2D eigenvalue weighted by Crippen LogP contribution is -2.44. The van der Waals surface area contributed by atoms with Crippen molar-refractivity contribution >= 4 is 11.8 Å². The van der Waals surface area contributed by atoms with Gasteiger partial charge in [0.15, 0.2) is 0 Å². The quantitative estimate of drug-likeness (QED) is 0.699. The van der Waals surface area contributed by atoms with Crippen molar-refractivity contribution in [3.8, 4) is 0 Å². The molecule has 1 unspecified atom stereocenters. The Hall–Kier alpha value is -0.940. The number of ketones is 1. The Kier molecular flexibility index (Phi) is 6.21. The van der Waals surface area contributed by atoms with E-state index in [1.165, 1.54) is 0 Å². The van der Waals surface area contributed by atoms with Gasteiger partial charge in [-0.25, -0.2) is 0 Å². The molecule has 1 heterocycles. The number of methoxy groups -OCH3 is 1. The van der Waals surface area contributed by atoms with Gasteiger partial charge in [0.05, 0.1) is 12.1 Å². The molecule has 0 aromatic carbocycles. The summed E-state index contributed by atoms with van der Waals surface area (Å²) in [5, 5.41) is 11.1. The highest BCUT2D eigenvalue weighted by Crippen LogP contribution is 2.03. The Morgan fingerprint density at radius 2 is 2.00 bits per heavy atom. The molecule has 0 radical (unpaired) electrons. The van der Waals surface area contributed by atoms with Gasteiger partial charge in [0.1, 0.15) is 11.8 Å². The summed E-state index contributed by atoms with van der Waals surface area (Å²) in [6.45, 7) is 6.27. The summed E-state index contributed by atoms with van der Waals surface area (Å²) in [6.07, 6.45) is 0.818. The predicted molar refractivity (Wildman–Crippen MR) is 60.4 cm³/mol. The van der Waals surface area contributed by atoms with Crippen molar-refractivity contribution in [1.82, 2.24) is 5.32 Å². The van der Waals surface area contributed by atoms with Gasteiger partial charge in [-0.15, -0.1) is 0 Å². The maximum absolute atomic E-state index is 10.6. The Labute approximate surface area is 96.2 Å². The standard InChI is InChI=1S/C6H9NO3.C5H12O/c8-4-1-2-5(6(9)10)7-3-4;1-5(2,3)6-4/h5,7H,1-3H2,(H,9,10);1-4H3. The average Bonchev–Trinajstić information content (AvgIpc) is 2.18. The molecule has 2 N–H and O–H groups in total. The summed E-state index contributed by atoms with van der Waals surface area (Å²) in [6, 6.07) is -0.516. The molecule has 1 fully saturated rings. The van der Waals surface area contributed by atoms with Crippen LogP contribution in [0.5, 0.6) is 0 Å². The molecule has 16 heavy (non-hydrogen) atoms. The van der Waals surface area contributed by atoms with E-state index in [4.69, 9.17) is 9.84 Å². The molecular weight excluding hydrogens is 210 g/mol. The third-order valence-corrected chi connectivity index (χ3v) is 2.17. The van der Waals surface area contributed by atoms with E-state index in [2.05, 4.69) is 5.32 Å². The Morgan fingerprint density at radius 1 is 1.50 bits per heavy atom. The largest absolute Gasteiger partial charge is 0.480 e. The van der Waals surface area contributed by atoms with E-state index in [1.54, 1.807) is 7.11 Å². The maximum Gasteiger partial charge on any atom is 0.320 e. The smallest absolute Gasteiger partial charge is 0.320 e. The first kappa shape index (κ1) is 15.1. The van der Waals surface area contributed by atoms with Crippen molar-refractivity contribution in [2.75, 3.05) is 13.7 Å². The van der Waals surface area contributed by atoms with E-state index >= 15 is 0 Å². The van der Waals surface area contributed by atoms with Crippen LogP contribution in [0.4, 0.5) is 0 Å². The number of hydrogen-bond acceptors (Lipinski definition) is 4. The molecule has 0 bridgehead atoms. The number of hydrogen-bond donors (Lipinski definition) is 2. The van der Waals surface area contributed by atoms with E-state index in [1.807, 2.05) is 20.8 Å². The first-order chi connectivity index (χ1) is 7.26. The van der Waals surface area contributed by atoms with Gasteiger partial charge in [0, 0.05) is 13.5 Å². The van der Waals surface area contributed by atoms with Crippen molar-refractivity contribution in [3.63, 3.8) is 0 Å². The minimum atomic E-state index is -0.868. The molecule has 5 nitrogen and oxygen atoms in total. The van der Waals surface area contributed by atoms with Gasteiger partial charge in [-0.05, 0) is 27.2 Å². The van der Waals surface area contributed by atoms with Crippen LogP contribution in [0.25, 0.3) is 0 Å². The van der Waals surface area contributed by atoms with Gasteiger partial charge < -0.3 is 9.84 Å². The summed E-state index contributed by atoms with van der Waals surface area (Å²) >= 11 is 0. The molecular formula is C11H21NO4. The van der Waals surface area contributed by atoms with Crippen LogP contribution in [0.15, 0.2) is 0 Å². The number of piperidine rings is 1. The van der Waals surface area contributed by atoms with Crippen LogP contribution in [-0.4, -0.2) is 42.2 Å². The van der Waals surface area contributed by atoms with Crippen LogP contribution < -0.4 is 5.32 Å². The molecule has 0 saturated carbocycles. The van der Waals surface area contributed by atoms with E-state index < -0.39 is 12.0 Å². The molecule has 1 aliphatic heterocycles. The number of aliphatic carboxylic acids is 1. The number of carboxylic acid groups (broad SMARTS) is 1. The van der Waals surface area contributed by atoms with Gasteiger partial charge in [0.2, 0.25) is 0 Å². The lowest BCUT2D eigenvalue weighted by atomic mass is 10.0. The first-order valence-electron chi connectivity index (χ1n) is 5.29. The minimum absolute atomic E-state index is 0.0417. The van der Waals surface area contributed by atoms with Gasteiger partial charge in [-0.2, -0.15) is 0 Å². The topological polar surface area (TPSA) is 75.6 Å². The summed E-state index contributed by atoms with van der Waals surface area (Å²) in [4.78, 5) is 20.9. The van der Waals surface area contributed by atoms with Gasteiger partial charge in [-0.3, -0.25) is 14.9 Å². The Morgan fingerprint density at radius 3 is 2.25 bits per heavy atom. The molecule has 1 rings (SSSR count). The van der Waals surface area contributed by atoms with Crippen LogP contribution in [0, 0.1) is 0 Å². The Balaban J connectivity index is 0.000000325. The van der Waals surface area contributed by atoms with Crippen molar-refractivity contribution in [3.05, 3.63) is 0 Å². The van der Waals surface area contributed by atoms with E-state index in [0.717, 1.165) is 0 Å². The molecule has 0 aromatic rings. The zero-order valence-electron chi connectivity index (χ0n) is 10.4. The van der Waals surface area contributed by atoms with Crippen molar-refractivity contribution in [2.45, 2.75) is 45.3 Å². The van der Waals surface area contributed by atoms with Crippen LogP contribution in [0.1, 0.15) is 33.6 Å². The van der Waals surface area contributed by atoms with Crippen molar-refractivity contribution in [1.29, 1.82) is 0 Å². The summed E-state index contributed by atoms with van der Waals surface area (Å²) in [5.41, 5.74) is 0.0417. The number of carbonyl (C=O) groups is 2. The molecule has 94 valence electrons. The van der Waals surface area contributed by atoms with Crippen LogP contribution >= 0.6 is 0 Å². The summed E-state index contributed by atoms with van der Waals surface area (Å²) in [5.74, 6) is -0.773. The molecule has 1 atom stereocenters. The molecule has 1 aliphatic rings. The van der Waals surface area contributed by atoms with Crippen LogP contribution in [0.2, 0.25) is 0 Å². The molecule has 1 saturated heterocycles. The highest BCUT2D eigenvalue weighted by molar-refractivity contribution is 5.84. The highest BCUT2D eigenvalue weighted by Gasteiger charge is 2.22. The van der Waals surface area contributed by atoms with Gasteiger partial charge >= 0.3 is 5.97 Å². The fourth-order valence-corrected chi connectivity index (χ4v) is 0.944. The molecule has 0 aliphatic carbocycles. The number of rotatable bonds is 1.